The van der Waals surface area contributed by atoms with Crippen LogP contribution in [0.25, 0.3) is 0 Å². The lowest BCUT2D eigenvalue weighted by atomic mass is 9.88. The molecule has 1 atom stereocenters. The molecular formula is C24H35F2N5O. The van der Waals surface area contributed by atoms with Crippen molar-refractivity contribution in [1.82, 2.24) is 20.2 Å². The molecule has 8 heteroatoms. The van der Waals surface area contributed by atoms with Crippen molar-refractivity contribution >= 4 is 11.7 Å². The summed E-state index contributed by atoms with van der Waals surface area (Å²) >= 11 is 0. The zero-order chi connectivity index (χ0) is 23.5. The van der Waals surface area contributed by atoms with Gasteiger partial charge in [-0.25, -0.2) is 13.8 Å². The highest BCUT2D eigenvalue weighted by Crippen LogP contribution is 2.25. The standard InChI is InChI=1S/C24H35F2N5O/c1-23(2,3)13-27-14-24(4,5)31-12-21(29-15-31)30-22(32)11-28-18-7-6-16-8-17(25)9-20(26)19(16)10-18/h8-9,12,15,18,27-28H,6-7,10-11,13-14H2,1-5H3,(H,30,32)/t18-/m0/s1. The molecule has 0 spiro atoms. The van der Waals surface area contributed by atoms with Gasteiger partial charge in [0.05, 0.1) is 18.4 Å². The van der Waals surface area contributed by atoms with Gasteiger partial charge in [0, 0.05) is 31.4 Å². The number of aryl methyl sites for hydroxylation is 1. The van der Waals surface area contributed by atoms with Crippen LogP contribution in [0, 0.1) is 17.0 Å². The molecule has 6 nitrogen and oxygen atoms in total. The molecule has 1 amide bonds. The minimum atomic E-state index is -0.542. The van der Waals surface area contributed by atoms with Crippen molar-refractivity contribution in [1.29, 1.82) is 0 Å². The van der Waals surface area contributed by atoms with Crippen molar-refractivity contribution in [2.75, 3.05) is 25.0 Å². The van der Waals surface area contributed by atoms with Crippen LogP contribution in [0.4, 0.5) is 14.6 Å². The Labute approximate surface area is 189 Å². The van der Waals surface area contributed by atoms with Crippen LogP contribution in [0.3, 0.4) is 0 Å². The Morgan fingerprint density at radius 2 is 1.94 bits per heavy atom. The average Bonchev–Trinajstić information content (AvgIpc) is 3.14. The fraction of sp³-hybridized carbons (Fsp3) is 0.583. The first-order chi connectivity index (χ1) is 14.9. The summed E-state index contributed by atoms with van der Waals surface area (Å²) in [6.07, 6.45) is 5.32. The normalized spacial score (nSPS) is 16.7. The second-order valence-electron chi connectivity index (χ2n) is 10.5. The van der Waals surface area contributed by atoms with Gasteiger partial charge in [0.1, 0.15) is 11.6 Å². The molecule has 0 radical (unpaired) electrons. The molecule has 1 heterocycles. The van der Waals surface area contributed by atoms with E-state index in [0.29, 0.717) is 24.2 Å². The highest BCUT2D eigenvalue weighted by Gasteiger charge is 2.24. The number of aromatic nitrogens is 2. The summed E-state index contributed by atoms with van der Waals surface area (Å²) in [6.45, 7) is 12.6. The van der Waals surface area contributed by atoms with Gasteiger partial charge in [-0.15, -0.1) is 0 Å². The van der Waals surface area contributed by atoms with Crippen molar-refractivity contribution in [2.24, 2.45) is 5.41 Å². The Morgan fingerprint density at radius 3 is 2.66 bits per heavy atom. The van der Waals surface area contributed by atoms with Crippen LogP contribution in [0.5, 0.6) is 0 Å². The molecule has 2 aromatic rings. The molecule has 3 rings (SSSR count). The first-order valence-electron chi connectivity index (χ1n) is 11.2. The molecule has 3 N–H and O–H groups in total. The van der Waals surface area contributed by atoms with E-state index in [1.165, 1.54) is 6.07 Å². The molecule has 1 aliphatic rings. The largest absolute Gasteiger partial charge is 0.328 e. The zero-order valence-electron chi connectivity index (χ0n) is 19.7. The van der Waals surface area contributed by atoms with E-state index in [-0.39, 0.29) is 29.4 Å². The van der Waals surface area contributed by atoms with Crippen LogP contribution in [-0.4, -0.2) is 41.1 Å². The Hall–Kier alpha value is -2.32. The second kappa shape index (κ2) is 9.67. The lowest BCUT2D eigenvalue weighted by Gasteiger charge is -2.29. The molecular weight excluding hydrogens is 412 g/mol. The number of carbonyl (C=O) groups is 1. The van der Waals surface area contributed by atoms with Gasteiger partial charge in [-0.1, -0.05) is 20.8 Å². The third-order valence-electron chi connectivity index (χ3n) is 5.78. The second-order valence-corrected chi connectivity index (χ2v) is 10.5. The predicted octanol–water partition coefficient (Wildman–Crippen LogP) is 3.62. The van der Waals surface area contributed by atoms with Gasteiger partial charge in [0.2, 0.25) is 5.91 Å². The summed E-state index contributed by atoms with van der Waals surface area (Å²) in [7, 11) is 0. The summed E-state index contributed by atoms with van der Waals surface area (Å²) in [5.41, 5.74) is 1.27. The van der Waals surface area contributed by atoms with Gasteiger partial charge in [-0.05, 0) is 55.7 Å². The maximum Gasteiger partial charge on any atom is 0.239 e. The van der Waals surface area contributed by atoms with Crippen molar-refractivity contribution in [2.45, 2.75) is 65.5 Å². The first-order valence-corrected chi connectivity index (χ1v) is 11.2. The highest BCUT2D eigenvalue weighted by molar-refractivity contribution is 5.91. The molecule has 32 heavy (non-hydrogen) atoms. The lowest BCUT2D eigenvalue weighted by molar-refractivity contribution is -0.115. The molecule has 0 fully saturated rings. The first kappa shape index (κ1) is 24.3. The van der Waals surface area contributed by atoms with E-state index in [1.807, 2.05) is 10.8 Å². The number of hydrogen-bond acceptors (Lipinski definition) is 4. The number of benzene rings is 1. The Morgan fingerprint density at radius 1 is 1.19 bits per heavy atom. The third-order valence-corrected chi connectivity index (χ3v) is 5.78. The lowest BCUT2D eigenvalue weighted by Crippen LogP contribution is -2.40. The third kappa shape index (κ3) is 6.59. The van der Waals surface area contributed by atoms with Crippen molar-refractivity contribution < 1.29 is 13.6 Å². The minimum absolute atomic E-state index is 0.0291. The number of rotatable bonds is 8. The van der Waals surface area contributed by atoms with Crippen molar-refractivity contribution in [3.05, 3.63) is 47.4 Å². The number of nitrogens with one attached hydrogen (secondary N) is 3. The number of hydrogen-bond donors (Lipinski definition) is 3. The molecule has 1 aromatic heterocycles. The molecule has 0 saturated carbocycles. The van der Waals surface area contributed by atoms with Crippen LogP contribution in [0.1, 0.15) is 52.2 Å². The van der Waals surface area contributed by atoms with E-state index < -0.39 is 11.6 Å². The van der Waals surface area contributed by atoms with E-state index in [0.717, 1.165) is 31.1 Å². The van der Waals surface area contributed by atoms with Crippen LogP contribution < -0.4 is 16.0 Å². The molecule has 1 aliphatic carbocycles. The molecule has 176 valence electrons. The fourth-order valence-electron chi connectivity index (χ4n) is 3.94. The van der Waals surface area contributed by atoms with Crippen molar-refractivity contribution in [3.63, 3.8) is 0 Å². The van der Waals surface area contributed by atoms with E-state index in [1.54, 1.807) is 6.33 Å². The minimum Gasteiger partial charge on any atom is -0.328 e. The molecule has 0 aliphatic heterocycles. The molecule has 0 unspecified atom stereocenters. The zero-order valence-corrected chi connectivity index (χ0v) is 19.7. The summed E-state index contributed by atoms with van der Waals surface area (Å²) in [4.78, 5) is 16.7. The maximum atomic E-state index is 14.1. The van der Waals surface area contributed by atoms with Gasteiger partial charge < -0.3 is 20.5 Å². The molecule has 0 bridgehead atoms. The SMILES string of the molecule is CC(C)(C)CNCC(C)(C)n1cnc(NC(=O)CN[C@H]2CCc3cc(F)cc(F)c3C2)c1. The highest BCUT2D eigenvalue weighted by atomic mass is 19.1. The van der Waals surface area contributed by atoms with Gasteiger partial charge in [-0.3, -0.25) is 4.79 Å². The summed E-state index contributed by atoms with van der Waals surface area (Å²) in [5.74, 6) is -0.763. The topological polar surface area (TPSA) is 71.0 Å². The van der Waals surface area contributed by atoms with Crippen LogP contribution in [0.2, 0.25) is 0 Å². The smallest absolute Gasteiger partial charge is 0.239 e. The van der Waals surface area contributed by atoms with Crippen LogP contribution >= 0.6 is 0 Å². The summed E-state index contributed by atoms with van der Waals surface area (Å²) < 4.78 is 29.4. The number of fused-ring (bicyclic) bond motifs is 1. The van der Waals surface area contributed by atoms with E-state index in [2.05, 4.69) is 55.6 Å². The molecule has 0 saturated heterocycles. The summed E-state index contributed by atoms with van der Waals surface area (Å²) in [5, 5.41) is 9.49. The van der Waals surface area contributed by atoms with E-state index in [4.69, 9.17) is 0 Å². The number of amides is 1. The average molecular weight is 448 g/mol. The monoisotopic (exact) mass is 447 g/mol. The van der Waals surface area contributed by atoms with E-state index in [9.17, 15) is 13.6 Å². The van der Waals surface area contributed by atoms with Gasteiger partial charge >= 0.3 is 0 Å². The van der Waals surface area contributed by atoms with Gasteiger partial charge in [0.25, 0.3) is 0 Å². The van der Waals surface area contributed by atoms with Crippen molar-refractivity contribution in [3.8, 4) is 0 Å². The number of imidazole rings is 1. The quantitative estimate of drug-likeness (QED) is 0.578. The number of anilines is 1. The van der Waals surface area contributed by atoms with Crippen LogP contribution in [-0.2, 0) is 23.2 Å². The Bertz CT molecular complexity index is 948. The Kier molecular flexibility index (Phi) is 7.35. The fourth-order valence-corrected chi connectivity index (χ4v) is 3.94. The summed E-state index contributed by atoms with van der Waals surface area (Å²) in [6, 6.07) is 2.29. The van der Waals surface area contributed by atoms with Gasteiger partial charge in [-0.2, -0.15) is 0 Å². The maximum absolute atomic E-state index is 14.1. The Balaban J connectivity index is 1.48. The number of nitrogens with zero attached hydrogens (tertiary/aromatic N) is 2. The predicted molar refractivity (Wildman–Crippen MR) is 123 cm³/mol. The number of halogens is 2. The molecule has 1 aromatic carbocycles. The van der Waals surface area contributed by atoms with E-state index >= 15 is 0 Å². The number of carbonyl (C=O) groups excluding carboxylic acids is 1. The van der Waals surface area contributed by atoms with Crippen LogP contribution in [0.15, 0.2) is 24.7 Å². The van der Waals surface area contributed by atoms with Gasteiger partial charge in [0.15, 0.2) is 5.82 Å².